The molecule has 3 rings (SSSR count). The summed E-state index contributed by atoms with van der Waals surface area (Å²) in [4.78, 5) is 25.1. The van der Waals surface area contributed by atoms with E-state index in [9.17, 15) is 27.9 Å². The molecule has 13 heteroatoms. The lowest BCUT2D eigenvalue weighted by Crippen LogP contribution is -2.47. The quantitative estimate of drug-likeness (QED) is 0.278. The summed E-state index contributed by atoms with van der Waals surface area (Å²) < 4.78 is 65.2. The fourth-order valence-electron chi connectivity index (χ4n) is 3.57. The highest BCUT2D eigenvalue weighted by Crippen LogP contribution is 2.39. The minimum absolute atomic E-state index is 0.0513. The van der Waals surface area contributed by atoms with Gasteiger partial charge >= 0.3 is 5.51 Å². The van der Waals surface area contributed by atoms with E-state index in [0.29, 0.717) is 13.0 Å². The van der Waals surface area contributed by atoms with E-state index in [-0.39, 0.29) is 42.4 Å². The van der Waals surface area contributed by atoms with Crippen LogP contribution in [-0.2, 0) is 32.7 Å². The van der Waals surface area contributed by atoms with Crippen molar-refractivity contribution in [3.63, 3.8) is 0 Å². The summed E-state index contributed by atoms with van der Waals surface area (Å²) in [5.74, 6) is -2.65. The van der Waals surface area contributed by atoms with E-state index in [1.807, 2.05) is 0 Å². The molecule has 1 spiro atoms. The zero-order chi connectivity index (χ0) is 25.6. The SMILES string of the molecule is C=C1C(=O)[C@@]2(CCC(=O)C=C2O)OC/C(Cl)=C(/OSC(F)(F)F)C=C1OCCOC1CCCCO1. The van der Waals surface area contributed by atoms with Gasteiger partial charge in [-0.25, -0.2) is 0 Å². The number of carbonyl (C=O) groups is 2. The molecule has 1 fully saturated rings. The number of aliphatic hydroxyl groups is 1. The molecule has 2 aliphatic heterocycles. The molecule has 2 atom stereocenters. The first-order chi connectivity index (χ1) is 16.5. The largest absolute Gasteiger partial charge is 0.509 e. The summed E-state index contributed by atoms with van der Waals surface area (Å²) in [5, 5.41) is 10.1. The van der Waals surface area contributed by atoms with Crippen LogP contribution >= 0.6 is 23.6 Å². The highest BCUT2D eigenvalue weighted by molar-refractivity contribution is 7.95. The lowest BCUT2D eigenvalue weighted by atomic mass is 9.81. The zero-order valence-corrected chi connectivity index (χ0v) is 20.1. The lowest BCUT2D eigenvalue weighted by molar-refractivity contribution is -0.167. The summed E-state index contributed by atoms with van der Waals surface area (Å²) in [5.41, 5.74) is -7.07. The van der Waals surface area contributed by atoms with Gasteiger partial charge in [-0.05, 0) is 25.7 Å². The Balaban J connectivity index is 1.85. The van der Waals surface area contributed by atoms with Crippen LogP contribution in [0.2, 0.25) is 0 Å². The van der Waals surface area contributed by atoms with Gasteiger partial charge in [-0.2, -0.15) is 13.2 Å². The number of halogens is 4. The maximum absolute atomic E-state index is 13.4. The number of carbonyl (C=O) groups excluding carboxylic acids is 2. The van der Waals surface area contributed by atoms with Gasteiger partial charge in [-0.15, -0.1) is 0 Å². The van der Waals surface area contributed by atoms with E-state index >= 15 is 0 Å². The molecule has 0 aromatic carbocycles. The minimum atomic E-state index is -4.75. The van der Waals surface area contributed by atoms with Crippen LogP contribution in [0.5, 0.6) is 0 Å². The zero-order valence-electron chi connectivity index (χ0n) is 18.5. The third-order valence-corrected chi connectivity index (χ3v) is 6.10. The fourth-order valence-corrected chi connectivity index (χ4v) is 4.10. The van der Waals surface area contributed by atoms with Crippen molar-refractivity contribution >= 4 is 35.2 Å². The summed E-state index contributed by atoms with van der Waals surface area (Å²) >= 11 is 5.35. The molecular formula is C22H24ClF3O8S. The molecule has 194 valence electrons. The van der Waals surface area contributed by atoms with Crippen LogP contribution in [0.1, 0.15) is 32.1 Å². The molecule has 1 aliphatic carbocycles. The molecule has 0 amide bonds. The van der Waals surface area contributed by atoms with Gasteiger partial charge in [0.05, 0.1) is 23.8 Å². The number of Topliss-reactive ketones (excluding diaryl/α,β-unsaturated/α-hetero) is 1. The molecular weight excluding hydrogens is 517 g/mol. The third kappa shape index (κ3) is 7.26. The van der Waals surface area contributed by atoms with Gasteiger partial charge in [0.15, 0.2) is 35.5 Å². The standard InChI is InChI=1S/C22H24ClF3O8S/c1-13-16(30-8-9-32-19-4-2-3-7-31-19)11-17(34-35-22(24,25)26)15(23)12-33-21(20(13)29)6-5-14(27)10-18(21)28/h10-11,19,28H,1-9,12H2/b16-11?,17-15-/t19?,21-/m0/s1. The van der Waals surface area contributed by atoms with Crippen LogP contribution in [0, 0.1) is 0 Å². The summed E-state index contributed by atoms with van der Waals surface area (Å²) in [6.07, 6.45) is 3.72. The van der Waals surface area contributed by atoms with Crippen molar-refractivity contribution < 1.29 is 51.0 Å². The molecule has 35 heavy (non-hydrogen) atoms. The Kier molecular flexibility index (Phi) is 9.33. The molecule has 0 aromatic heterocycles. The average Bonchev–Trinajstić information content (AvgIpc) is 2.84. The Labute approximate surface area is 208 Å². The summed E-state index contributed by atoms with van der Waals surface area (Å²) in [6.45, 7) is 3.62. The minimum Gasteiger partial charge on any atom is -0.509 e. The molecule has 2 heterocycles. The van der Waals surface area contributed by atoms with Gasteiger partial charge in [-0.1, -0.05) is 18.2 Å². The average molecular weight is 541 g/mol. The molecule has 0 aromatic rings. The number of alkyl halides is 3. The first-order valence-corrected chi connectivity index (χ1v) is 11.8. The molecule has 1 saturated heterocycles. The van der Waals surface area contributed by atoms with Crippen LogP contribution in [0.4, 0.5) is 13.2 Å². The number of hydrogen-bond acceptors (Lipinski definition) is 9. The number of aliphatic hydroxyl groups excluding tert-OH is 1. The van der Waals surface area contributed by atoms with Gasteiger partial charge in [0.2, 0.25) is 5.78 Å². The van der Waals surface area contributed by atoms with Crippen molar-refractivity contribution in [1.82, 2.24) is 0 Å². The van der Waals surface area contributed by atoms with Crippen molar-refractivity contribution in [2.75, 3.05) is 26.4 Å². The van der Waals surface area contributed by atoms with Crippen LogP contribution in [0.25, 0.3) is 0 Å². The Bertz CT molecular complexity index is 939. The highest BCUT2D eigenvalue weighted by Gasteiger charge is 2.48. The molecule has 0 bridgehead atoms. The first-order valence-electron chi connectivity index (χ1n) is 10.7. The maximum atomic E-state index is 13.4. The Hall–Kier alpha value is -1.99. The predicted molar refractivity (Wildman–Crippen MR) is 119 cm³/mol. The Morgan fingerprint density at radius 2 is 2.03 bits per heavy atom. The van der Waals surface area contributed by atoms with Gasteiger partial charge < -0.3 is 28.2 Å². The second-order valence-electron chi connectivity index (χ2n) is 7.82. The number of allylic oxidation sites excluding steroid dienone is 3. The number of ether oxygens (including phenoxy) is 4. The van der Waals surface area contributed by atoms with E-state index in [1.54, 1.807) is 0 Å². The number of rotatable bonds is 7. The van der Waals surface area contributed by atoms with Crippen molar-refractivity contribution in [2.24, 2.45) is 0 Å². The monoisotopic (exact) mass is 540 g/mol. The van der Waals surface area contributed by atoms with Gasteiger partial charge in [0.1, 0.15) is 18.1 Å². The van der Waals surface area contributed by atoms with Gasteiger partial charge in [0.25, 0.3) is 0 Å². The van der Waals surface area contributed by atoms with Gasteiger partial charge in [-0.3, -0.25) is 9.59 Å². The summed E-state index contributed by atoms with van der Waals surface area (Å²) in [7, 11) is 0. The fraction of sp³-hybridized carbons (Fsp3) is 0.545. The second kappa shape index (κ2) is 11.8. The van der Waals surface area contributed by atoms with E-state index in [0.717, 1.165) is 25.0 Å². The highest BCUT2D eigenvalue weighted by atomic mass is 35.5. The van der Waals surface area contributed by atoms with Crippen LogP contribution in [-0.4, -0.2) is 60.5 Å². The Morgan fingerprint density at radius 1 is 1.26 bits per heavy atom. The molecule has 1 unspecified atom stereocenters. The molecule has 3 aliphatic rings. The normalized spacial score (nSPS) is 28.7. The molecule has 0 saturated carbocycles. The van der Waals surface area contributed by atoms with Crippen LogP contribution in [0.3, 0.4) is 0 Å². The van der Waals surface area contributed by atoms with Gasteiger partial charge in [0, 0.05) is 25.2 Å². The smallest absolute Gasteiger partial charge is 0.479 e. The lowest BCUT2D eigenvalue weighted by Gasteiger charge is -2.34. The van der Waals surface area contributed by atoms with E-state index in [4.69, 9.17) is 34.7 Å². The van der Waals surface area contributed by atoms with Crippen molar-refractivity contribution in [1.29, 1.82) is 0 Å². The number of hydrogen-bond donors (Lipinski definition) is 1. The van der Waals surface area contributed by atoms with E-state index < -0.39 is 59.1 Å². The van der Waals surface area contributed by atoms with Crippen molar-refractivity contribution in [2.45, 2.75) is 49.5 Å². The first kappa shape index (κ1) is 27.6. The Morgan fingerprint density at radius 3 is 2.69 bits per heavy atom. The van der Waals surface area contributed by atoms with E-state index in [1.165, 1.54) is 0 Å². The van der Waals surface area contributed by atoms with Crippen LogP contribution in [0.15, 0.2) is 46.6 Å². The maximum Gasteiger partial charge on any atom is 0.479 e. The molecule has 8 nitrogen and oxygen atoms in total. The summed E-state index contributed by atoms with van der Waals surface area (Å²) in [6, 6.07) is 0. The molecule has 1 N–H and O–H groups in total. The van der Waals surface area contributed by atoms with Crippen molar-refractivity contribution in [3.05, 3.63) is 46.6 Å². The van der Waals surface area contributed by atoms with Crippen molar-refractivity contribution in [3.8, 4) is 0 Å². The number of ketones is 2. The van der Waals surface area contributed by atoms with E-state index in [2.05, 4.69) is 6.58 Å². The third-order valence-electron chi connectivity index (χ3n) is 5.36. The second-order valence-corrected chi connectivity index (χ2v) is 9.08. The predicted octanol–water partition coefficient (Wildman–Crippen LogP) is 4.76. The van der Waals surface area contributed by atoms with Crippen LogP contribution < -0.4 is 0 Å². The molecule has 0 radical (unpaired) electrons. The topological polar surface area (TPSA) is 101 Å².